The second kappa shape index (κ2) is 10.5. The lowest BCUT2D eigenvalue weighted by molar-refractivity contribution is -0.141. The molecule has 0 amide bonds. The van der Waals surface area contributed by atoms with Crippen LogP contribution >= 0.6 is 0 Å². The molecule has 0 radical (unpaired) electrons. The van der Waals surface area contributed by atoms with Gasteiger partial charge in [0.2, 0.25) is 0 Å². The van der Waals surface area contributed by atoms with Crippen molar-refractivity contribution in [3.8, 4) is 0 Å². The van der Waals surface area contributed by atoms with Crippen LogP contribution in [-0.4, -0.2) is 12.1 Å². The van der Waals surface area contributed by atoms with Gasteiger partial charge in [0.25, 0.3) is 0 Å². The van der Waals surface area contributed by atoms with Gasteiger partial charge in [0.15, 0.2) is 0 Å². The van der Waals surface area contributed by atoms with Crippen LogP contribution in [0.1, 0.15) is 60.8 Å². The third-order valence-corrected chi connectivity index (χ3v) is 2.83. The van der Waals surface area contributed by atoms with Crippen molar-refractivity contribution in [3.63, 3.8) is 0 Å². The number of carbonyl (C=O) groups excluding carboxylic acids is 1. The van der Waals surface area contributed by atoms with Gasteiger partial charge in [-0.25, -0.2) is 4.79 Å². The van der Waals surface area contributed by atoms with E-state index in [-0.39, 0.29) is 12.1 Å². The summed E-state index contributed by atoms with van der Waals surface area (Å²) < 4.78 is 5.07. The van der Waals surface area contributed by atoms with E-state index in [1.54, 1.807) is 6.08 Å². The molecule has 0 aromatic heterocycles. The summed E-state index contributed by atoms with van der Waals surface area (Å²) in [6.45, 7) is 12.2. The fourth-order valence-electron chi connectivity index (χ4n) is 1.76. The zero-order valence-electron chi connectivity index (χ0n) is 13.9. The molecule has 0 aliphatic heterocycles. The fraction of sp³-hybridized carbons (Fsp3) is 0.611. The Balaban J connectivity index is 4.07. The molecule has 1 unspecified atom stereocenters. The van der Waals surface area contributed by atoms with E-state index in [0.29, 0.717) is 5.92 Å². The largest absolute Gasteiger partial charge is 0.460 e. The van der Waals surface area contributed by atoms with Crippen molar-refractivity contribution in [2.75, 3.05) is 0 Å². The van der Waals surface area contributed by atoms with E-state index in [1.807, 2.05) is 26.8 Å². The molecular weight excluding hydrogens is 248 g/mol. The predicted molar refractivity (Wildman–Crippen MR) is 86.6 cm³/mol. The van der Waals surface area contributed by atoms with Gasteiger partial charge >= 0.3 is 5.97 Å². The van der Waals surface area contributed by atoms with Crippen LogP contribution in [0.4, 0.5) is 0 Å². The van der Waals surface area contributed by atoms with Crippen LogP contribution < -0.4 is 0 Å². The second-order valence-electron chi connectivity index (χ2n) is 5.98. The number of carbonyl (C=O) groups is 1. The van der Waals surface area contributed by atoms with Gasteiger partial charge in [-0.3, -0.25) is 0 Å². The molecule has 0 aromatic rings. The molecule has 0 aromatic carbocycles. The number of hydrogen-bond acceptors (Lipinski definition) is 2. The van der Waals surface area contributed by atoms with Gasteiger partial charge in [-0.2, -0.15) is 0 Å². The summed E-state index contributed by atoms with van der Waals surface area (Å²) in [4.78, 5) is 11.4. The van der Waals surface area contributed by atoms with Crippen molar-refractivity contribution in [1.29, 1.82) is 0 Å². The molecule has 2 nitrogen and oxygen atoms in total. The highest BCUT2D eigenvalue weighted by atomic mass is 16.5. The molecule has 0 saturated carbocycles. The van der Waals surface area contributed by atoms with Gasteiger partial charge in [-0.05, 0) is 65.4 Å². The van der Waals surface area contributed by atoms with Gasteiger partial charge < -0.3 is 4.74 Å². The number of hydrogen-bond donors (Lipinski definition) is 0. The van der Waals surface area contributed by atoms with Crippen molar-refractivity contribution < 1.29 is 9.53 Å². The van der Waals surface area contributed by atoms with E-state index in [2.05, 4.69) is 32.9 Å². The van der Waals surface area contributed by atoms with Crippen molar-refractivity contribution in [3.05, 3.63) is 35.5 Å². The molecule has 1 atom stereocenters. The summed E-state index contributed by atoms with van der Waals surface area (Å²) in [7, 11) is 0. The quantitative estimate of drug-likeness (QED) is 0.263. The van der Waals surface area contributed by atoms with Crippen molar-refractivity contribution >= 4 is 5.97 Å². The van der Waals surface area contributed by atoms with E-state index in [4.69, 9.17) is 4.74 Å². The first-order valence-corrected chi connectivity index (χ1v) is 7.50. The van der Waals surface area contributed by atoms with Gasteiger partial charge in [0.05, 0.1) is 6.10 Å². The predicted octanol–water partition coefficient (Wildman–Crippen LogP) is 5.21. The molecule has 20 heavy (non-hydrogen) atoms. The Morgan fingerprint density at radius 3 is 2.35 bits per heavy atom. The first-order valence-electron chi connectivity index (χ1n) is 7.50. The van der Waals surface area contributed by atoms with Gasteiger partial charge in [-0.1, -0.05) is 30.7 Å². The lowest BCUT2D eigenvalue weighted by Crippen LogP contribution is -2.08. The van der Waals surface area contributed by atoms with Crippen LogP contribution in [-0.2, 0) is 9.53 Å². The molecule has 0 heterocycles. The zero-order valence-corrected chi connectivity index (χ0v) is 13.9. The molecule has 0 aliphatic carbocycles. The average Bonchev–Trinajstić information content (AvgIpc) is 2.26. The maximum absolute atomic E-state index is 11.4. The highest BCUT2D eigenvalue weighted by molar-refractivity contribution is 5.83. The van der Waals surface area contributed by atoms with E-state index >= 15 is 0 Å². The smallest absolute Gasteiger partial charge is 0.331 e. The Kier molecular flexibility index (Phi) is 9.79. The number of esters is 1. The highest BCUT2D eigenvalue weighted by Gasteiger charge is 2.01. The molecule has 0 bridgehead atoms. The summed E-state index contributed by atoms with van der Waals surface area (Å²) in [5.41, 5.74) is 2.32. The minimum absolute atomic E-state index is 0.0642. The summed E-state index contributed by atoms with van der Waals surface area (Å²) in [6.07, 6.45) is 11.3. The molecular formula is C18H30O2. The normalized spacial score (nSPS) is 13.7. The van der Waals surface area contributed by atoms with Crippen LogP contribution in [0, 0.1) is 5.92 Å². The fourth-order valence-corrected chi connectivity index (χ4v) is 1.76. The number of ether oxygens (including phenoxy) is 1. The standard InChI is InChI=1S/C18H30O2/c1-14(2)9-7-10-16(5)11-8-12-17(6)13-18(19)20-15(3)4/h8-9,12-13,15-16H,7,10-11H2,1-6H3/b12-8+,17-13+. The topological polar surface area (TPSA) is 26.3 Å². The van der Waals surface area contributed by atoms with E-state index in [1.165, 1.54) is 12.0 Å². The van der Waals surface area contributed by atoms with Crippen LogP contribution in [0.15, 0.2) is 35.5 Å². The molecule has 0 N–H and O–H groups in total. The minimum atomic E-state index is -0.265. The highest BCUT2D eigenvalue weighted by Crippen LogP contribution is 2.13. The number of allylic oxidation sites excluding steroid dienone is 5. The SMILES string of the molecule is CC(C)=CCCC(C)C/C=C/C(C)=C/C(=O)OC(C)C. The molecule has 0 saturated heterocycles. The summed E-state index contributed by atoms with van der Waals surface area (Å²) in [5.74, 6) is 0.399. The van der Waals surface area contributed by atoms with E-state index < -0.39 is 0 Å². The molecule has 0 rings (SSSR count). The summed E-state index contributed by atoms with van der Waals surface area (Å²) >= 11 is 0. The summed E-state index contributed by atoms with van der Waals surface area (Å²) in [5, 5.41) is 0. The minimum Gasteiger partial charge on any atom is -0.460 e. The van der Waals surface area contributed by atoms with Crippen LogP contribution in [0.25, 0.3) is 0 Å². The second-order valence-corrected chi connectivity index (χ2v) is 5.98. The zero-order chi connectivity index (χ0) is 15.5. The average molecular weight is 278 g/mol. The molecule has 2 heteroatoms. The van der Waals surface area contributed by atoms with E-state index in [9.17, 15) is 4.79 Å². The summed E-state index contributed by atoms with van der Waals surface area (Å²) in [6, 6.07) is 0. The van der Waals surface area contributed by atoms with Crippen molar-refractivity contribution in [2.24, 2.45) is 5.92 Å². The monoisotopic (exact) mass is 278 g/mol. The lowest BCUT2D eigenvalue weighted by Gasteiger charge is -2.06. The maximum atomic E-state index is 11.4. The molecule has 0 spiro atoms. The van der Waals surface area contributed by atoms with Gasteiger partial charge in [0.1, 0.15) is 0 Å². The molecule has 114 valence electrons. The Morgan fingerprint density at radius 2 is 1.80 bits per heavy atom. The third-order valence-electron chi connectivity index (χ3n) is 2.83. The van der Waals surface area contributed by atoms with Crippen LogP contribution in [0.3, 0.4) is 0 Å². The third kappa shape index (κ3) is 11.8. The van der Waals surface area contributed by atoms with Crippen molar-refractivity contribution in [1.82, 2.24) is 0 Å². The van der Waals surface area contributed by atoms with Crippen molar-refractivity contribution in [2.45, 2.75) is 66.9 Å². The first kappa shape index (κ1) is 18.7. The number of rotatable bonds is 8. The van der Waals surface area contributed by atoms with E-state index in [0.717, 1.165) is 18.4 Å². The molecule has 0 fully saturated rings. The Morgan fingerprint density at radius 1 is 1.15 bits per heavy atom. The maximum Gasteiger partial charge on any atom is 0.331 e. The van der Waals surface area contributed by atoms with Crippen LogP contribution in [0.2, 0.25) is 0 Å². The Hall–Kier alpha value is -1.31. The van der Waals surface area contributed by atoms with Gasteiger partial charge in [-0.15, -0.1) is 0 Å². The lowest BCUT2D eigenvalue weighted by atomic mass is 10.0. The Labute approximate surface area is 124 Å². The Bertz CT molecular complexity index is 369. The molecule has 0 aliphatic rings. The van der Waals surface area contributed by atoms with Gasteiger partial charge in [0, 0.05) is 6.08 Å². The first-order chi connectivity index (χ1) is 9.31. The van der Waals surface area contributed by atoms with Crippen LogP contribution in [0.5, 0.6) is 0 Å².